The number of amides is 2. The molecule has 2 atom stereocenters. The third kappa shape index (κ3) is 5.18. The summed E-state index contributed by atoms with van der Waals surface area (Å²) in [4.78, 5) is 23.8. The Bertz CT molecular complexity index is 582. The maximum Gasteiger partial charge on any atom is 0.242 e. The van der Waals surface area contributed by atoms with E-state index >= 15 is 0 Å². The largest absolute Gasteiger partial charge is 0.354 e. The first-order valence-electron chi connectivity index (χ1n) is 7.73. The molecule has 0 radical (unpaired) electrons. The topological polar surface area (TPSA) is 70.2 Å². The van der Waals surface area contributed by atoms with Crippen molar-refractivity contribution >= 4 is 23.4 Å². The van der Waals surface area contributed by atoms with Crippen LogP contribution in [0.3, 0.4) is 0 Å². The lowest BCUT2D eigenvalue weighted by Gasteiger charge is -2.18. The molecule has 5 nitrogen and oxygen atoms in total. The average molecular weight is 342 g/mol. The highest BCUT2D eigenvalue weighted by Crippen LogP contribution is 2.20. The van der Waals surface area contributed by atoms with Crippen LogP contribution >= 0.6 is 11.6 Å². The fourth-order valence-electron chi connectivity index (χ4n) is 2.47. The molecule has 23 heavy (non-hydrogen) atoms. The molecule has 7 heteroatoms. The molecule has 1 saturated heterocycles. The molecule has 0 spiro atoms. The summed E-state index contributed by atoms with van der Waals surface area (Å²) >= 11 is 5.75. The maximum atomic E-state index is 13.2. The number of hydrogen-bond donors (Lipinski definition) is 3. The summed E-state index contributed by atoms with van der Waals surface area (Å²) in [6, 6.07) is 3.82. The number of benzene rings is 1. The highest BCUT2D eigenvalue weighted by atomic mass is 35.5. The van der Waals surface area contributed by atoms with E-state index in [1.165, 1.54) is 12.1 Å². The second kappa shape index (κ2) is 8.26. The summed E-state index contributed by atoms with van der Waals surface area (Å²) in [7, 11) is 0. The molecule has 126 valence electrons. The van der Waals surface area contributed by atoms with Crippen LogP contribution in [0.4, 0.5) is 4.39 Å². The van der Waals surface area contributed by atoms with Gasteiger partial charge in [0.05, 0.1) is 11.6 Å². The van der Waals surface area contributed by atoms with Gasteiger partial charge in [0, 0.05) is 12.6 Å². The van der Waals surface area contributed by atoms with Gasteiger partial charge in [-0.25, -0.2) is 4.39 Å². The first kappa shape index (κ1) is 17.7. The summed E-state index contributed by atoms with van der Waals surface area (Å²) in [6.07, 6.45) is 2.49. The minimum Gasteiger partial charge on any atom is -0.354 e. The van der Waals surface area contributed by atoms with Gasteiger partial charge >= 0.3 is 0 Å². The average Bonchev–Trinajstić information content (AvgIpc) is 2.72. The van der Waals surface area contributed by atoms with E-state index in [2.05, 4.69) is 16.0 Å². The summed E-state index contributed by atoms with van der Waals surface area (Å²) in [6.45, 7) is 2.58. The van der Waals surface area contributed by atoms with Gasteiger partial charge in [0.15, 0.2) is 0 Å². The lowest BCUT2D eigenvalue weighted by atomic mass is 10.1. The lowest BCUT2D eigenvalue weighted by molar-refractivity contribution is -0.128. The minimum absolute atomic E-state index is 0.0516. The minimum atomic E-state index is -0.472. The molecule has 2 rings (SSSR count). The van der Waals surface area contributed by atoms with Gasteiger partial charge in [-0.2, -0.15) is 0 Å². The smallest absolute Gasteiger partial charge is 0.242 e. The second-order valence-corrected chi connectivity index (χ2v) is 6.09. The molecule has 1 aliphatic rings. The number of halogens is 2. The first-order valence-corrected chi connectivity index (χ1v) is 8.10. The van der Waals surface area contributed by atoms with E-state index in [1.807, 2.05) is 6.92 Å². The predicted octanol–water partition coefficient (Wildman–Crippen LogP) is 1.91. The summed E-state index contributed by atoms with van der Waals surface area (Å²) in [5, 5.41) is 8.61. The molecule has 0 aliphatic carbocycles. The Balaban J connectivity index is 1.83. The van der Waals surface area contributed by atoms with Gasteiger partial charge in [0.1, 0.15) is 11.9 Å². The van der Waals surface area contributed by atoms with Crippen molar-refractivity contribution in [2.45, 2.75) is 38.3 Å². The molecule has 1 aromatic carbocycles. The molecule has 1 fully saturated rings. The summed E-state index contributed by atoms with van der Waals surface area (Å²) in [5.41, 5.74) is 0.788. The van der Waals surface area contributed by atoms with E-state index in [-0.39, 0.29) is 29.4 Å². The predicted molar refractivity (Wildman–Crippen MR) is 86.6 cm³/mol. The van der Waals surface area contributed by atoms with Gasteiger partial charge in [0.25, 0.3) is 0 Å². The second-order valence-electron chi connectivity index (χ2n) is 5.68. The monoisotopic (exact) mass is 341 g/mol. The van der Waals surface area contributed by atoms with Crippen LogP contribution in [0.1, 0.15) is 37.8 Å². The Morgan fingerprint density at radius 2 is 2.26 bits per heavy atom. The van der Waals surface area contributed by atoms with Gasteiger partial charge < -0.3 is 16.0 Å². The number of rotatable bonds is 5. The van der Waals surface area contributed by atoms with Gasteiger partial charge in [-0.1, -0.05) is 17.7 Å². The highest BCUT2D eigenvalue weighted by molar-refractivity contribution is 6.30. The third-order valence-electron chi connectivity index (χ3n) is 3.88. The normalized spacial score (nSPS) is 19.6. The van der Waals surface area contributed by atoms with Crippen LogP contribution in [0.25, 0.3) is 0 Å². The Morgan fingerprint density at radius 1 is 1.48 bits per heavy atom. The Hall–Kier alpha value is -1.66. The highest BCUT2D eigenvalue weighted by Gasteiger charge is 2.22. The number of hydrogen-bond acceptors (Lipinski definition) is 3. The van der Waals surface area contributed by atoms with Crippen LogP contribution in [0, 0.1) is 5.82 Å². The zero-order chi connectivity index (χ0) is 16.8. The van der Waals surface area contributed by atoms with Crippen LogP contribution in [-0.4, -0.2) is 30.9 Å². The standard InChI is InChI=1S/C16H21ClFN3O2/c1-10(11-5-6-13(18)12(17)8-11)20-9-15(22)21-14-4-2-3-7-19-16(14)23/h5-6,8,10,14,20H,2-4,7,9H2,1H3,(H,19,23)(H,21,22). The zero-order valence-corrected chi connectivity index (χ0v) is 13.8. The fraction of sp³-hybridized carbons (Fsp3) is 0.500. The van der Waals surface area contributed by atoms with Gasteiger partial charge in [-0.05, 0) is 43.9 Å². The van der Waals surface area contributed by atoms with Crippen LogP contribution in [0.5, 0.6) is 0 Å². The van der Waals surface area contributed by atoms with Crippen molar-refractivity contribution in [3.05, 3.63) is 34.6 Å². The fourth-order valence-corrected chi connectivity index (χ4v) is 2.66. The molecule has 1 heterocycles. The third-order valence-corrected chi connectivity index (χ3v) is 4.17. The van der Waals surface area contributed by atoms with Crippen molar-refractivity contribution < 1.29 is 14.0 Å². The van der Waals surface area contributed by atoms with Crippen LogP contribution in [0.2, 0.25) is 5.02 Å². The number of carbonyl (C=O) groups excluding carboxylic acids is 2. The van der Waals surface area contributed by atoms with E-state index in [1.54, 1.807) is 6.07 Å². The van der Waals surface area contributed by atoms with Gasteiger partial charge in [0.2, 0.25) is 11.8 Å². The molecule has 1 aliphatic heterocycles. The first-order chi connectivity index (χ1) is 11.0. The van der Waals surface area contributed by atoms with Crippen LogP contribution in [-0.2, 0) is 9.59 Å². The van der Waals surface area contributed by atoms with Crippen LogP contribution in [0.15, 0.2) is 18.2 Å². The Morgan fingerprint density at radius 3 is 3.00 bits per heavy atom. The van der Waals surface area contributed by atoms with E-state index < -0.39 is 11.9 Å². The lowest BCUT2D eigenvalue weighted by Crippen LogP contribution is -2.48. The van der Waals surface area contributed by atoms with E-state index in [9.17, 15) is 14.0 Å². The quantitative estimate of drug-likeness (QED) is 0.766. The van der Waals surface area contributed by atoms with Crippen molar-refractivity contribution in [3.63, 3.8) is 0 Å². The Kier molecular flexibility index (Phi) is 6.36. The van der Waals surface area contributed by atoms with E-state index in [4.69, 9.17) is 11.6 Å². The SMILES string of the molecule is CC(NCC(=O)NC1CCCCNC1=O)c1ccc(F)c(Cl)c1. The van der Waals surface area contributed by atoms with Crippen molar-refractivity contribution in [2.75, 3.05) is 13.1 Å². The van der Waals surface area contributed by atoms with Crippen molar-refractivity contribution in [2.24, 2.45) is 0 Å². The molecule has 2 unspecified atom stereocenters. The Labute approximate surface area is 140 Å². The molecular formula is C16H21ClFN3O2. The van der Waals surface area contributed by atoms with Crippen LogP contribution < -0.4 is 16.0 Å². The van der Waals surface area contributed by atoms with Crippen molar-refractivity contribution in [1.29, 1.82) is 0 Å². The molecule has 1 aromatic rings. The van der Waals surface area contributed by atoms with Gasteiger partial charge in [-0.3, -0.25) is 9.59 Å². The van der Waals surface area contributed by atoms with Crippen molar-refractivity contribution in [3.8, 4) is 0 Å². The molecule has 0 bridgehead atoms. The number of carbonyl (C=O) groups is 2. The molecule has 2 amide bonds. The van der Waals surface area contributed by atoms with E-state index in [0.29, 0.717) is 13.0 Å². The van der Waals surface area contributed by atoms with Crippen molar-refractivity contribution in [1.82, 2.24) is 16.0 Å². The maximum absolute atomic E-state index is 13.2. The summed E-state index contributed by atoms with van der Waals surface area (Å²) in [5.74, 6) is -0.846. The molecule has 0 saturated carbocycles. The van der Waals surface area contributed by atoms with Gasteiger partial charge in [-0.15, -0.1) is 0 Å². The zero-order valence-electron chi connectivity index (χ0n) is 13.0. The molecular weight excluding hydrogens is 321 g/mol. The summed E-state index contributed by atoms with van der Waals surface area (Å²) < 4.78 is 13.2. The van der Waals surface area contributed by atoms with E-state index in [0.717, 1.165) is 18.4 Å². The number of nitrogens with one attached hydrogen (secondary N) is 3. The molecule has 3 N–H and O–H groups in total. The molecule has 0 aromatic heterocycles.